The minimum absolute atomic E-state index is 0.0353. The Balaban J connectivity index is 1.55. The van der Waals surface area contributed by atoms with Crippen LogP contribution in [0.2, 0.25) is 0 Å². The van der Waals surface area contributed by atoms with Crippen molar-refractivity contribution >= 4 is 17.5 Å². The summed E-state index contributed by atoms with van der Waals surface area (Å²) in [6.45, 7) is 3.68. The molecule has 1 aliphatic carbocycles. The van der Waals surface area contributed by atoms with Gasteiger partial charge in [-0.05, 0) is 62.1 Å². The number of carbonyl (C=O) groups excluding carboxylic acids is 2. The number of hydrogen-bond acceptors (Lipinski definition) is 3. The van der Waals surface area contributed by atoms with Crippen LogP contribution in [0, 0.1) is 13.8 Å². The normalized spacial score (nSPS) is 13.6. The van der Waals surface area contributed by atoms with Crippen LogP contribution in [0.25, 0.3) is 5.69 Å². The molecule has 1 fully saturated rings. The maximum absolute atomic E-state index is 13.2. The quantitative estimate of drug-likeness (QED) is 0.545. The van der Waals surface area contributed by atoms with Crippen LogP contribution in [-0.4, -0.2) is 40.1 Å². The van der Waals surface area contributed by atoms with Gasteiger partial charge < -0.3 is 10.2 Å². The minimum Gasteiger partial charge on any atom is -0.332 e. The van der Waals surface area contributed by atoms with Crippen LogP contribution in [-0.2, 0) is 11.0 Å². The minimum atomic E-state index is -4.48. The monoisotopic (exact) mass is 470 g/mol. The first-order chi connectivity index (χ1) is 16.1. The van der Waals surface area contributed by atoms with Gasteiger partial charge in [0.1, 0.15) is 0 Å². The summed E-state index contributed by atoms with van der Waals surface area (Å²) < 4.78 is 41.0. The number of rotatable bonds is 6. The Hall–Kier alpha value is -3.62. The molecule has 4 rings (SSSR count). The molecule has 1 aromatic heterocycles. The van der Waals surface area contributed by atoms with Crippen molar-refractivity contribution in [2.75, 3.05) is 18.9 Å². The highest BCUT2D eigenvalue weighted by atomic mass is 19.4. The van der Waals surface area contributed by atoms with Crippen molar-refractivity contribution in [3.05, 3.63) is 76.6 Å². The summed E-state index contributed by atoms with van der Waals surface area (Å²) >= 11 is 0. The Bertz CT molecular complexity index is 1250. The van der Waals surface area contributed by atoms with E-state index in [4.69, 9.17) is 0 Å². The summed E-state index contributed by atoms with van der Waals surface area (Å²) in [6.07, 6.45) is -1.47. The zero-order valence-electron chi connectivity index (χ0n) is 19.1. The van der Waals surface area contributed by atoms with Gasteiger partial charge in [-0.2, -0.15) is 18.3 Å². The molecule has 0 radical (unpaired) electrons. The van der Waals surface area contributed by atoms with E-state index in [0.717, 1.165) is 36.1 Å². The third kappa shape index (κ3) is 4.83. The van der Waals surface area contributed by atoms with Crippen molar-refractivity contribution in [2.45, 2.75) is 38.8 Å². The Labute approximate surface area is 195 Å². The number of hydrogen-bond donors (Lipinski definition) is 1. The zero-order chi connectivity index (χ0) is 24.6. The maximum Gasteiger partial charge on any atom is 0.416 e. The van der Waals surface area contributed by atoms with Gasteiger partial charge in [0.2, 0.25) is 5.91 Å². The van der Waals surface area contributed by atoms with Gasteiger partial charge in [-0.3, -0.25) is 9.59 Å². The number of amides is 2. The predicted octanol–water partition coefficient (Wildman–Crippen LogP) is 5.10. The Kier molecular flexibility index (Phi) is 6.20. The molecule has 1 aliphatic rings. The van der Waals surface area contributed by atoms with Crippen LogP contribution in [0.3, 0.4) is 0 Å². The SMILES string of the molecule is Cc1cccc(NC(=O)CN(C)C(=O)c2cnn(-c3cccc(C(F)(F)F)c3)c2C2CC2)c1C. The van der Waals surface area contributed by atoms with E-state index in [2.05, 4.69) is 10.4 Å². The van der Waals surface area contributed by atoms with Crippen LogP contribution in [0.4, 0.5) is 18.9 Å². The van der Waals surface area contributed by atoms with Crippen LogP contribution in [0.1, 0.15) is 51.5 Å². The van der Waals surface area contributed by atoms with Gasteiger partial charge in [0.25, 0.3) is 5.91 Å². The van der Waals surface area contributed by atoms with E-state index in [1.54, 1.807) is 6.07 Å². The fourth-order valence-corrected chi connectivity index (χ4v) is 3.86. The molecular weight excluding hydrogens is 445 g/mol. The molecule has 0 saturated heterocycles. The van der Waals surface area contributed by atoms with E-state index in [1.807, 2.05) is 26.0 Å². The van der Waals surface area contributed by atoms with Gasteiger partial charge in [0.05, 0.1) is 35.2 Å². The molecule has 2 aromatic carbocycles. The van der Waals surface area contributed by atoms with E-state index in [0.29, 0.717) is 16.9 Å². The molecule has 1 saturated carbocycles. The Morgan fingerprint density at radius 2 is 1.85 bits per heavy atom. The number of carbonyl (C=O) groups is 2. The Morgan fingerprint density at radius 1 is 1.15 bits per heavy atom. The van der Waals surface area contributed by atoms with E-state index in [1.165, 1.54) is 35.0 Å². The summed E-state index contributed by atoms with van der Waals surface area (Å²) in [6, 6.07) is 10.5. The molecule has 0 unspecified atom stereocenters. The second-order valence-corrected chi connectivity index (χ2v) is 8.63. The van der Waals surface area contributed by atoms with Gasteiger partial charge >= 0.3 is 6.18 Å². The number of nitrogens with one attached hydrogen (secondary N) is 1. The summed E-state index contributed by atoms with van der Waals surface area (Å²) in [7, 11) is 1.52. The molecule has 178 valence electrons. The average Bonchev–Trinajstić information content (AvgIpc) is 3.53. The largest absolute Gasteiger partial charge is 0.416 e. The third-order valence-electron chi connectivity index (χ3n) is 6.03. The summed E-state index contributed by atoms with van der Waals surface area (Å²) in [5.74, 6) is -0.716. The van der Waals surface area contributed by atoms with E-state index in [-0.39, 0.29) is 24.1 Å². The number of anilines is 1. The molecule has 0 spiro atoms. The van der Waals surface area contributed by atoms with Crippen molar-refractivity contribution in [1.29, 1.82) is 0 Å². The van der Waals surface area contributed by atoms with Crippen molar-refractivity contribution in [1.82, 2.24) is 14.7 Å². The topological polar surface area (TPSA) is 67.2 Å². The zero-order valence-corrected chi connectivity index (χ0v) is 19.1. The highest BCUT2D eigenvalue weighted by Gasteiger charge is 2.35. The molecule has 0 bridgehead atoms. The molecule has 6 nitrogen and oxygen atoms in total. The Morgan fingerprint density at radius 3 is 2.53 bits per heavy atom. The number of aryl methyl sites for hydroxylation is 1. The molecule has 1 N–H and O–H groups in total. The number of likely N-dealkylation sites (N-methyl/N-ethyl adjacent to an activating group) is 1. The van der Waals surface area contributed by atoms with Crippen molar-refractivity contribution in [3.8, 4) is 5.69 Å². The predicted molar refractivity (Wildman–Crippen MR) is 122 cm³/mol. The van der Waals surface area contributed by atoms with Crippen LogP contribution >= 0.6 is 0 Å². The summed E-state index contributed by atoms with van der Waals surface area (Å²) in [5, 5.41) is 7.07. The van der Waals surface area contributed by atoms with Gasteiger partial charge in [-0.1, -0.05) is 18.2 Å². The first kappa shape index (κ1) is 23.5. The highest BCUT2D eigenvalue weighted by Crippen LogP contribution is 2.43. The van der Waals surface area contributed by atoms with Gasteiger partial charge in [-0.25, -0.2) is 4.68 Å². The number of aromatic nitrogens is 2. The summed E-state index contributed by atoms with van der Waals surface area (Å²) in [5.41, 5.74) is 3.00. The number of halogens is 3. The second-order valence-electron chi connectivity index (χ2n) is 8.63. The lowest BCUT2D eigenvalue weighted by Crippen LogP contribution is -2.35. The fourth-order valence-electron chi connectivity index (χ4n) is 3.86. The smallest absolute Gasteiger partial charge is 0.332 e. The molecular formula is C25H25F3N4O2. The lowest BCUT2D eigenvalue weighted by atomic mass is 10.1. The first-order valence-electron chi connectivity index (χ1n) is 10.9. The number of benzene rings is 2. The molecule has 2 amide bonds. The molecule has 34 heavy (non-hydrogen) atoms. The summed E-state index contributed by atoms with van der Waals surface area (Å²) in [4.78, 5) is 27.1. The van der Waals surface area contributed by atoms with Crippen LogP contribution in [0.15, 0.2) is 48.7 Å². The van der Waals surface area contributed by atoms with Gasteiger partial charge in [0, 0.05) is 18.7 Å². The number of alkyl halides is 3. The molecule has 0 atom stereocenters. The molecule has 1 heterocycles. The van der Waals surface area contributed by atoms with E-state index >= 15 is 0 Å². The molecule has 9 heteroatoms. The number of nitrogens with zero attached hydrogens (tertiary/aromatic N) is 3. The molecule has 3 aromatic rings. The fraction of sp³-hybridized carbons (Fsp3) is 0.320. The van der Waals surface area contributed by atoms with E-state index < -0.39 is 17.6 Å². The van der Waals surface area contributed by atoms with Crippen LogP contribution in [0.5, 0.6) is 0 Å². The highest BCUT2D eigenvalue weighted by molar-refractivity contribution is 6.00. The van der Waals surface area contributed by atoms with Gasteiger partial charge in [-0.15, -0.1) is 0 Å². The van der Waals surface area contributed by atoms with Gasteiger partial charge in [0.15, 0.2) is 0 Å². The first-order valence-corrected chi connectivity index (χ1v) is 10.9. The second kappa shape index (κ2) is 8.96. The lowest BCUT2D eigenvalue weighted by molar-refractivity contribution is -0.137. The standard InChI is InChI=1S/C25H25F3N4O2/c1-15-6-4-9-21(16(15)2)30-22(33)14-31(3)24(34)20-13-29-32(23(20)17-10-11-17)19-8-5-7-18(12-19)25(26,27)28/h4-9,12-13,17H,10-11,14H2,1-3H3,(H,30,33). The average molecular weight is 470 g/mol. The van der Waals surface area contributed by atoms with Crippen molar-refractivity contribution < 1.29 is 22.8 Å². The van der Waals surface area contributed by atoms with Crippen LogP contribution < -0.4 is 5.32 Å². The molecule has 0 aliphatic heterocycles. The maximum atomic E-state index is 13.2. The van der Waals surface area contributed by atoms with Crippen molar-refractivity contribution in [3.63, 3.8) is 0 Å². The van der Waals surface area contributed by atoms with Crippen molar-refractivity contribution in [2.24, 2.45) is 0 Å². The third-order valence-corrected chi connectivity index (χ3v) is 6.03. The lowest BCUT2D eigenvalue weighted by Gasteiger charge is -2.18. The van der Waals surface area contributed by atoms with E-state index in [9.17, 15) is 22.8 Å².